The average molecular weight is 440 g/mol. The van der Waals surface area contributed by atoms with E-state index in [4.69, 9.17) is 20.0 Å². The van der Waals surface area contributed by atoms with Gasteiger partial charge in [-0.2, -0.15) is 0 Å². The topological polar surface area (TPSA) is 110 Å². The number of carbonyl (C=O) groups is 1. The molecule has 0 aliphatic carbocycles. The highest BCUT2D eigenvalue weighted by Crippen LogP contribution is 2.39. The van der Waals surface area contributed by atoms with Crippen LogP contribution in [0, 0.1) is 0 Å². The lowest BCUT2D eigenvalue weighted by Crippen LogP contribution is -2.36. The molecule has 2 rings (SSSR count). The first kappa shape index (κ1) is 23.9. The predicted octanol–water partition coefficient (Wildman–Crippen LogP) is 4.49. The number of rotatable bonds is 13. The lowest BCUT2D eigenvalue weighted by atomic mass is 10.0. The van der Waals surface area contributed by atoms with E-state index in [0.29, 0.717) is 25.7 Å². The average Bonchev–Trinajstić information content (AvgIpc) is 3.16. The first-order valence-electron chi connectivity index (χ1n) is 9.94. The van der Waals surface area contributed by atoms with E-state index in [1.165, 1.54) is 16.9 Å². The zero-order chi connectivity index (χ0) is 21.3. The molecule has 0 bridgehead atoms. The van der Waals surface area contributed by atoms with E-state index in [-0.39, 0.29) is 5.78 Å². The van der Waals surface area contributed by atoms with E-state index in [0.717, 1.165) is 29.0 Å². The molecule has 2 aromatic rings. The highest BCUT2D eigenvalue weighted by atomic mass is 32.1. The molecule has 0 aliphatic heterocycles. The van der Waals surface area contributed by atoms with Crippen LogP contribution in [-0.2, 0) is 21.9 Å². The van der Waals surface area contributed by atoms with Gasteiger partial charge in [-0.1, -0.05) is 37.3 Å². The summed E-state index contributed by atoms with van der Waals surface area (Å²) in [6.07, 6.45) is 4.28. The van der Waals surface area contributed by atoms with Crippen molar-refractivity contribution in [3.05, 3.63) is 57.8 Å². The van der Waals surface area contributed by atoms with Crippen molar-refractivity contribution in [2.24, 2.45) is 5.73 Å². The van der Waals surface area contributed by atoms with Crippen molar-refractivity contribution in [2.45, 2.75) is 64.0 Å². The van der Waals surface area contributed by atoms with Crippen molar-refractivity contribution in [2.75, 3.05) is 0 Å². The Labute approximate surface area is 176 Å². The highest BCUT2D eigenvalue weighted by Gasteiger charge is 2.26. The third-order valence-electron chi connectivity index (χ3n) is 4.78. The van der Waals surface area contributed by atoms with E-state index < -0.39 is 20.0 Å². The fraction of sp³-hybridized carbons (Fsp3) is 0.476. The van der Waals surface area contributed by atoms with Crippen molar-refractivity contribution in [1.29, 1.82) is 0 Å². The zero-order valence-electron chi connectivity index (χ0n) is 16.7. The second kappa shape index (κ2) is 11.7. The third kappa shape index (κ3) is 8.91. The molecular weight excluding hydrogens is 409 g/mol. The van der Waals surface area contributed by atoms with Crippen LogP contribution in [0.1, 0.15) is 59.1 Å². The van der Waals surface area contributed by atoms with Gasteiger partial charge in [0.2, 0.25) is 0 Å². The molecule has 0 amide bonds. The van der Waals surface area contributed by atoms with Crippen molar-refractivity contribution < 1.29 is 23.7 Å². The summed E-state index contributed by atoms with van der Waals surface area (Å²) in [6.45, 7) is 1.78. The molecule has 1 aromatic carbocycles. The fourth-order valence-corrected chi connectivity index (χ4v) is 4.82. The Balaban J connectivity index is 1.74. The van der Waals surface area contributed by atoms with Gasteiger partial charge in [0, 0.05) is 17.3 Å². The molecule has 2 unspecified atom stereocenters. The zero-order valence-corrected chi connectivity index (χ0v) is 18.4. The first-order chi connectivity index (χ1) is 13.8. The summed E-state index contributed by atoms with van der Waals surface area (Å²) in [6, 6.07) is 13.6. The van der Waals surface area contributed by atoms with Gasteiger partial charge >= 0.3 is 7.82 Å². The van der Waals surface area contributed by atoms with Gasteiger partial charge in [0.25, 0.3) is 0 Å². The number of phosphoric ester groups is 1. The molecule has 4 N–H and O–H groups in total. The van der Waals surface area contributed by atoms with Crippen LogP contribution in [0.25, 0.3) is 0 Å². The maximum absolute atomic E-state index is 12.4. The maximum atomic E-state index is 12.4. The number of ketones is 1. The van der Waals surface area contributed by atoms with Crippen LogP contribution in [0.2, 0.25) is 0 Å². The summed E-state index contributed by atoms with van der Waals surface area (Å²) >= 11 is 1.47. The minimum atomic E-state index is -4.55. The lowest BCUT2D eigenvalue weighted by Gasteiger charge is -2.22. The molecule has 1 heterocycles. The van der Waals surface area contributed by atoms with Gasteiger partial charge in [-0.05, 0) is 56.2 Å². The van der Waals surface area contributed by atoms with Gasteiger partial charge in [-0.15, -0.1) is 11.3 Å². The van der Waals surface area contributed by atoms with Crippen LogP contribution in [-0.4, -0.2) is 27.7 Å². The van der Waals surface area contributed by atoms with E-state index in [9.17, 15) is 9.36 Å². The largest absolute Gasteiger partial charge is 0.469 e. The van der Waals surface area contributed by atoms with E-state index in [1.807, 2.05) is 30.3 Å². The Kier molecular flexibility index (Phi) is 9.69. The van der Waals surface area contributed by atoms with Crippen molar-refractivity contribution >= 4 is 24.9 Å². The molecule has 0 radical (unpaired) electrons. The second-order valence-corrected chi connectivity index (χ2v) is 9.49. The number of nitrogens with two attached hydrogens (primary N) is 1. The number of aryl methyl sites for hydroxylation is 2. The minimum absolute atomic E-state index is 0.162. The normalized spacial score (nSPS) is 13.9. The van der Waals surface area contributed by atoms with Gasteiger partial charge in [0.15, 0.2) is 5.78 Å². The number of phosphoric acid groups is 1. The minimum Gasteiger partial charge on any atom is -0.325 e. The van der Waals surface area contributed by atoms with Gasteiger partial charge in [-0.25, -0.2) is 4.57 Å². The molecule has 0 saturated carbocycles. The maximum Gasteiger partial charge on any atom is 0.469 e. The monoisotopic (exact) mass is 439 g/mol. The highest BCUT2D eigenvalue weighted by molar-refractivity contribution is 7.46. The molecule has 2 atom stereocenters. The first-order valence-corrected chi connectivity index (χ1v) is 12.3. The summed E-state index contributed by atoms with van der Waals surface area (Å²) < 4.78 is 15.8. The van der Waals surface area contributed by atoms with Crippen LogP contribution in [0.3, 0.4) is 0 Å². The Morgan fingerprint density at radius 2 is 1.86 bits per heavy atom. The van der Waals surface area contributed by atoms with Gasteiger partial charge < -0.3 is 15.5 Å². The Morgan fingerprint density at radius 1 is 1.14 bits per heavy atom. The molecule has 0 saturated heterocycles. The lowest BCUT2D eigenvalue weighted by molar-refractivity contribution is 0.0982. The van der Waals surface area contributed by atoms with Crippen molar-refractivity contribution in [1.82, 2.24) is 0 Å². The van der Waals surface area contributed by atoms with Gasteiger partial charge in [0.1, 0.15) is 0 Å². The van der Waals surface area contributed by atoms with Crippen molar-refractivity contribution in [3.8, 4) is 0 Å². The van der Waals surface area contributed by atoms with Crippen LogP contribution in [0.4, 0.5) is 0 Å². The number of thiophene rings is 1. The number of Topliss-reactive ketones (excluding diaryl/α,β-unsaturated/α-hetero) is 1. The van der Waals surface area contributed by atoms with Crippen LogP contribution in [0.5, 0.6) is 0 Å². The molecule has 8 heteroatoms. The number of carbonyl (C=O) groups excluding carboxylic acids is 1. The molecule has 6 nitrogen and oxygen atoms in total. The smallest absolute Gasteiger partial charge is 0.325 e. The molecular formula is C21H30NO5PS. The van der Waals surface area contributed by atoms with Crippen LogP contribution in [0.15, 0.2) is 42.5 Å². The van der Waals surface area contributed by atoms with Gasteiger partial charge in [0.05, 0.1) is 11.0 Å². The Bertz CT molecular complexity index is 804. The number of hydrogen-bond donors (Lipinski definition) is 3. The van der Waals surface area contributed by atoms with Gasteiger partial charge in [-0.3, -0.25) is 9.32 Å². The molecule has 160 valence electrons. The molecule has 0 spiro atoms. The molecule has 1 aromatic heterocycles. The summed E-state index contributed by atoms with van der Waals surface area (Å²) in [5.41, 5.74) is 7.34. The quantitative estimate of drug-likeness (QED) is 0.241. The molecule has 0 aliphatic rings. The van der Waals surface area contributed by atoms with Crippen LogP contribution < -0.4 is 5.73 Å². The summed E-state index contributed by atoms with van der Waals surface area (Å²) in [4.78, 5) is 32.1. The summed E-state index contributed by atoms with van der Waals surface area (Å²) in [7, 11) is -4.55. The Morgan fingerprint density at radius 3 is 2.52 bits per heavy atom. The third-order valence-corrected chi connectivity index (χ3v) is 6.51. The van der Waals surface area contributed by atoms with Crippen LogP contribution >= 0.6 is 19.2 Å². The fourth-order valence-electron chi connectivity index (χ4n) is 3.17. The molecule has 29 heavy (non-hydrogen) atoms. The number of hydrogen-bond acceptors (Lipinski definition) is 5. The number of benzene rings is 1. The molecule has 0 fully saturated rings. The van der Waals surface area contributed by atoms with Crippen molar-refractivity contribution in [3.63, 3.8) is 0 Å². The van der Waals surface area contributed by atoms with E-state index in [2.05, 4.69) is 12.1 Å². The summed E-state index contributed by atoms with van der Waals surface area (Å²) in [5.74, 6) is 0.162. The second-order valence-electron chi connectivity index (χ2n) is 7.13. The van der Waals surface area contributed by atoms with E-state index in [1.54, 1.807) is 6.92 Å². The SMILES string of the molecule is CCC(OP(=O)(O)O)C(N)CCc1ccc(C(=O)CCCCc2ccccc2)s1. The predicted molar refractivity (Wildman–Crippen MR) is 116 cm³/mol. The Hall–Kier alpha value is -1.34. The summed E-state index contributed by atoms with van der Waals surface area (Å²) in [5, 5.41) is 0. The number of unbranched alkanes of at least 4 members (excludes halogenated alkanes) is 1. The van der Waals surface area contributed by atoms with E-state index >= 15 is 0 Å². The standard InChI is InChI=1S/C21H30NO5PS/c1-2-20(27-28(24,25)26)18(22)14-12-17-13-15-21(29-17)19(23)11-7-6-10-16-8-4-3-5-9-16/h3-5,8-9,13,15,18,20H,2,6-7,10-12,14,22H2,1H3,(H2,24,25,26).